The summed E-state index contributed by atoms with van der Waals surface area (Å²) < 4.78 is 10.7. The predicted molar refractivity (Wildman–Crippen MR) is 68.6 cm³/mol. The third kappa shape index (κ3) is 2.39. The first kappa shape index (κ1) is 12.2. The lowest BCUT2D eigenvalue weighted by molar-refractivity contribution is 0.385. The molecule has 0 saturated heterocycles. The van der Waals surface area contributed by atoms with Crippen LogP contribution in [-0.2, 0) is 0 Å². The predicted octanol–water partition coefficient (Wildman–Crippen LogP) is 2.62. The van der Waals surface area contributed by atoms with Crippen molar-refractivity contribution in [2.24, 2.45) is 11.8 Å². The lowest BCUT2D eigenvalue weighted by atomic mass is 10.00. The third-order valence-corrected chi connectivity index (χ3v) is 3.68. The minimum absolute atomic E-state index is 0.357. The van der Waals surface area contributed by atoms with Gasteiger partial charge in [-0.25, -0.2) is 0 Å². The van der Waals surface area contributed by atoms with Gasteiger partial charge in [0.25, 0.3) is 0 Å². The van der Waals surface area contributed by atoms with Crippen LogP contribution in [0.1, 0.15) is 24.9 Å². The first-order chi connectivity index (χ1) is 8.21. The van der Waals surface area contributed by atoms with Gasteiger partial charge >= 0.3 is 0 Å². The van der Waals surface area contributed by atoms with Crippen molar-refractivity contribution in [2.75, 3.05) is 21.3 Å². The summed E-state index contributed by atoms with van der Waals surface area (Å²) in [6.07, 6.45) is 1.28. The van der Waals surface area contributed by atoms with E-state index >= 15 is 0 Å². The van der Waals surface area contributed by atoms with E-state index in [2.05, 4.69) is 18.3 Å². The van der Waals surface area contributed by atoms with Crippen LogP contribution in [0.4, 0.5) is 0 Å². The minimum Gasteiger partial charge on any atom is -0.497 e. The standard InChI is InChI=1S/C14H21NO2/c1-9-7-11(9)14(15-2)12-8-10(16-3)5-6-13(12)17-4/h5-6,8-9,11,14-15H,7H2,1-4H3. The molecule has 1 N–H and O–H groups in total. The highest BCUT2D eigenvalue weighted by Crippen LogP contribution is 2.48. The van der Waals surface area contributed by atoms with E-state index in [4.69, 9.17) is 9.47 Å². The fraction of sp³-hybridized carbons (Fsp3) is 0.571. The molecule has 3 atom stereocenters. The Labute approximate surface area is 103 Å². The molecule has 0 aromatic heterocycles. The molecule has 94 valence electrons. The summed E-state index contributed by atoms with van der Waals surface area (Å²) in [6, 6.07) is 6.34. The van der Waals surface area contributed by atoms with Crippen LogP contribution >= 0.6 is 0 Å². The first-order valence-electron chi connectivity index (χ1n) is 6.10. The highest BCUT2D eigenvalue weighted by Gasteiger charge is 2.40. The zero-order valence-corrected chi connectivity index (χ0v) is 11.0. The van der Waals surface area contributed by atoms with Crippen LogP contribution < -0.4 is 14.8 Å². The summed E-state index contributed by atoms with van der Waals surface area (Å²) in [5.41, 5.74) is 1.20. The number of hydrogen-bond acceptors (Lipinski definition) is 3. The molecule has 1 aromatic rings. The second kappa shape index (κ2) is 4.96. The lowest BCUT2D eigenvalue weighted by Crippen LogP contribution is -2.19. The van der Waals surface area contributed by atoms with E-state index in [1.807, 2.05) is 19.2 Å². The maximum Gasteiger partial charge on any atom is 0.123 e. The molecule has 1 aromatic carbocycles. The van der Waals surface area contributed by atoms with Crippen molar-refractivity contribution in [3.05, 3.63) is 23.8 Å². The SMILES string of the molecule is CNC(c1cc(OC)ccc1OC)C1CC1C. The van der Waals surface area contributed by atoms with Crippen LogP contribution in [0.5, 0.6) is 11.5 Å². The van der Waals surface area contributed by atoms with Crippen LogP contribution in [-0.4, -0.2) is 21.3 Å². The largest absolute Gasteiger partial charge is 0.497 e. The van der Waals surface area contributed by atoms with Gasteiger partial charge in [-0.1, -0.05) is 6.92 Å². The number of hydrogen-bond donors (Lipinski definition) is 1. The maximum absolute atomic E-state index is 5.45. The topological polar surface area (TPSA) is 30.5 Å². The Hall–Kier alpha value is -1.22. The zero-order valence-electron chi connectivity index (χ0n) is 11.0. The molecule has 0 spiro atoms. The molecule has 0 radical (unpaired) electrons. The van der Waals surface area contributed by atoms with Gasteiger partial charge in [-0.15, -0.1) is 0 Å². The van der Waals surface area contributed by atoms with Gasteiger partial charge in [0, 0.05) is 11.6 Å². The molecule has 1 aliphatic carbocycles. The van der Waals surface area contributed by atoms with Crippen LogP contribution in [0.25, 0.3) is 0 Å². The van der Waals surface area contributed by atoms with Crippen LogP contribution in [0, 0.1) is 11.8 Å². The van der Waals surface area contributed by atoms with Crippen molar-refractivity contribution in [1.29, 1.82) is 0 Å². The fourth-order valence-electron chi connectivity index (χ4n) is 2.50. The molecule has 1 saturated carbocycles. The van der Waals surface area contributed by atoms with Gasteiger partial charge in [-0.3, -0.25) is 0 Å². The molecule has 3 nitrogen and oxygen atoms in total. The number of benzene rings is 1. The van der Waals surface area contributed by atoms with Crippen molar-refractivity contribution >= 4 is 0 Å². The van der Waals surface area contributed by atoms with E-state index < -0.39 is 0 Å². The molecular weight excluding hydrogens is 214 g/mol. The highest BCUT2D eigenvalue weighted by molar-refractivity contribution is 5.43. The minimum atomic E-state index is 0.357. The molecule has 0 aliphatic heterocycles. The Balaban J connectivity index is 2.33. The number of rotatable bonds is 5. The average Bonchev–Trinajstić information content (AvgIpc) is 3.07. The molecule has 17 heavy (non-hydrogen) atoms. The van der Waals surface area contributed by atoms with Gasteiger partial charge in [0.1, 0.15) is 11.5 Å². The van der Waals surface area contributed by atoms with E-state index in [-0.39, 0.29) is 0 Å². The summed E-state index contributed by atoms with van der Waals surface area (Å²) in [6.45, 7) is 2.29. The van der Waals surface area contributed by atoms with Gasteiger partial charge in [-0.2, -0.15) is 0 Å². The summed E-state index contributed by atoms with van der Waals surface area (Å²) in [4.78, 5) is 0. The van der Waals surface area contributed by atoms with Crippen molar-refractivity contribution in [3.8, 4) is 11.5 Å². The van der Waals surface area contributed by atoms with E-state index in [0.717, 1.165) is 17.4 Å². The summed E-state index contributed by atoms with van der Waals surface area (Å²) in [7, 11) is 5.42. The van der Waals surface area contributed by atoms with E-state index in [0.29, 0.717) is 12.0 Å². The quantitative estimate of drug-likeness (QED) is 0.851. The zero-order chi connectivity index (χ0) is 12.4. The fourth-order valence-corrected chi connectivity index (χ4v) is 2.50. The lowest BCUT2D eigenvalue weighted by Gasteiger charge is -2.20. The van der Waals surface area contributed by atoms with Crippen molar-refractivity contribution in [3.63, 3.8) is 0 Å². The van der Waals surface area contributed by atoms with Crippen molar-refractivity contribution < 1.29 is 9.47 Å². The summed E-state index contributed by atoms with van der Waals surface area (Å²) >= 11 is 0. The average molecular weight is 235 g/mol. The maximum atomic E-state index is 5.45. The number of methoxy groups -OCH3 is 2. The smallest absolute Gasteiger partial charge is 0.123 e. The van der Waals surface area contributed by atoms with Crippen LogP contribution in [0.3, 0.4) is 0 Å². The Morgan fingerprint density at radius 3 is 2.47 bits per heavy atom. The van der Waals surface area contributed by atoms with Crippen molar-refractivity contribution in [1.82, 2.24) is 5.32 Å². The van der Waals surface area contributed by atoms with Gasteiger partial charge < -0.3 is 14.8 Å². The molecule has 0 bridgehead atoms. The second-order valence-electron chi connectivity index (χ2n) is 4.75. The normalized spacial score (nSPS) is 24.2. The highest BCUT2D eigenvalue weighted by atomic mass is 16.5. The Morgan fingerprint density at radius 2 is 2.00 bits per heavy atom. The monoisotopic (exact) mass is 235 g/mol. The van der Waals surface area contributed by atoms with Gasteiger partial charge in [0.2, 0.25) is 0 Å². The summed E-state index contributed by atoms with van der Waals surface area (Å²) in [5, 5.41) is 3.40. The van der Waals surface area contributed by atoms with Gasteiger partial charge in [-0.05, 0) is 43.5 Å². The molecule has 1 fully saturated rings. The van der Waals surface area contributed by atoms with Gasteiger partial charge in [0.15, 0.2) is 0 Å². The number of nitrogens with one attached hydrogen (secondary N) is 1. The summed E-state index contributed by atoms with van der Waals surface area (Å²) in [5.74, 6) is 3.32. The molecule has 2 rings (SSSR count). The second-order valence-corrected chi connectivity index (χ2v) is 4.75. The third-order valence-electron chi connectivity index (χ3n) is 3.68. The van der Waals surface area contributed by atoms with E-state index in [9.17, 15) is 0 Å². The van der Waals surface area contributed by atoms with E-state index in [1.54, 1.807) is 14.2 Å². The first-order valence-corrected chi connectivity index (χ1v) is 6.10. The Bertz CT molecular complexity index is 392. The number of ether oxygens (including phenoxy) is 2. The molecule has 1 aliphatic rings. The molecular formula is C14H21NO2. The van der Waals surface area contributed by atoms with Crippen molar-refractivity contribution in [2.45, 2.75) is 19.4 Å². The van der Waals surface area contributed by atoms with E-state index in [1.165, 1.54) is 12.0 Å². The van der Waals surface area contributed by atoms with Crippen LogP contribution in [0.15, 0.2) is 18.2 Å². The Morgan fingerprint density at radius 1 is 1.29 bits per heavy atom. The molecule has 0 heterocycles. The molecule has 3 heteroatoms. The molecule has 3 unspecified atom stereocenters. The van der Waals surface area contributed by atoms with Crippen LogP contribution in [0.2, 0.25) is 0 Å². The molecule has 0 amide bonds. The Kier molecular flexibility index (Phi) is 3.57. The van der Waals surface area contributed by atoms with Gasteiger partial charge in [0.05, 0.1) is 14.2 Å².